The summed E-state index contributed by atoms with van der Waals surface area (Å²) in [5, 5.41) is 10.4. The molecule has 0 unspecified atom stereocenters. The molecule has 2 heterocycles. The summed E-state index contributed by atoms with van der Waals surface area (Å²) >= 11 is 0. The summed E-state index contributed by atoms with van der Waals surface area (Å²) in [4.78, 5) is 15.6. The molecule has 1 aliphatic heterocycles. The zero-order valence-electron chi connectivity index (χ0n) is 15.0. The number of benzene rings is 1. The standard InChI is InChI=1S/C18H20FN3O5S/c19-16-17-12(5-6-15(20-17)27-8-7-11-3-1-2-4-11)9-13(23)18(16)22-10-14(24)21-28(22,25)26/h5-6,9,11,23H,1-4,7-8,10H2,(H,21,24). The van der Waals surface area contributed by atoms with E-state index in [-0.39, 0.29) is 16.8 Å². The highest BCUT2D eigenvalue weighted by atomic mass is 32.2. The summed E-state index contributed by atoms with van der Waals surface area (Å²) in [5.74, 6) is -1.57. The van der Waals surface area contributed by atoms with Gasteiger partial charge in [-0.2, -0.15) is 8.42 Å². The second kappa shape index (κ2) is 7.08. The maximum absolute atomic E-state index is 15.1. The third-order valence-corrected chi connectivity index (χ3v) is 6.55. The maximum Gasteiger partial charge on any atom is 0.326 e. The van der Waals surface area contributed by atoms with E-state index in [1.807, 2.05) is 0 Å². The number of carbonyl (C=O) groups excluding carboxylic acids is 1. The minimum Gasteiger partial charge on any atom is -0.506 e. The molecule has 10 heteroatoms. The van der Waals surface area contributed by atoms with Gasteiger partial charge in [-0.3, -0.25) is 4.79 Å². The molecule has 2 aliphatic rings. The fourth-order valence-electron chi connectivity index (χ4n) is 3.78. The molecule has 4 rings (SSSR count). The second-order valence-corrected chi connectivity index (χ2v) is 8.70. The van der Waals surface area contributed by atoms with Gasteiger partial charge in [0.2, 0.25) is 5.88 Å². The number of halogens is 1. The Bertz CT molecular complexity index is 1040. The van der Waals surface area contributed by atoms with Crippen LogP contribution in [0.3, 0.4) is 0 Å². The van der Waals surface area contributed by atoms with E-state index in [9.17, 15) is 18.3 Å². The van der Waals surface area contributed by atoms with E-state index in [1.54, 1.807) is 16.9 Å². The lowest BCUT2D eigenvalue weighted by Crippen LogP contribution is -2.30. The van der Waals surface area contributed by atoms with Crippen LogP contribution < -0.4 is 13.8 Å². The summed E-state index contributed by atoms with van der Waals surface area (Å²) in [5.41, 5.74) is -0.748. The molecule has 2 N–H and O–H groups in total. The number of phenolic OH excluding ortho intramolecular Hbond substituents is 1. The molecule has 150 valence electrons. The molecule has 1 aromatic heterocycles. The molecule has 1 aromatic carbocycles. The van der Waals surface area contributed by atoms with E-state index in [1.165, 1.54) is 31.7 Å². The van der Waals surface area contributed by atoms with Gasteiger partial charge in [0.1, 0.15) is 23.5 Å². The van der Waals surface area contributed by atoms with Crippen LogP contribution in [-0.2, 0) is 15.0 Å². The van der Waals surface area contributed by atoms with Gasteiger partial charge in [0, 0.05) is 11.5 Å². The number of anilines is 1. The molecular weight excluding hydrogens is 389 g/mol. The first-order valence-electron chi connectivity index (χ1n) is 9.13. The number of fused-ring (bicyclic) bond motifs is 1. The minimum absolute atomic E-state index is 0.138. The minimum atomic E-state index is -4.26. The van der Waals surface area contributed by atoms with Crippen LogP contribution in [0.5, 0.6) is 11.6 Å². The molecule has 1 saturated heterocycles. The Morgan fingerprint density at radius 2 is 2.07 bits per heavy atom. The number of carbonyl (C=O) groups is 1. The Balaban J connectivity index is 1.63. The first kappa shape index (κ1) is 18.7. The highest BCUT2D eigenvalue weighted by Gasteiger charge is 2.38. The number of pyridine rings is 1. The van der Waals surface area contributed by atoms with Gasteiger partial charge in [0.25, 0.3) is 5.91 Å². The largest absolute Gasteiger partial charge is 0.506 e. The van der Waals surface area contributed by atoms with Gasteiger partial charge in [0.15, 0.2) is 5.82 Å². The average molecular weight is 409 g/mol. The van der Waals surface area contributed by atoms with Crippen molar-refractivity contribution >= 4 is 32.7 Å². The molecule has 0 spiro atoms. The Hall–Kier alpha value is -2.62. The zero-order chi connectivity index (χ0) is 19.9. The zero-order valence-corrected chi connectivity index (χ0v) is 15.8. The summed E-state index contributed by atoms with van der Waals surface area (Å²) < 4.78 is 47.0. The van der Waals surface area contributed by atoms with Gasteiger partial charge >= 0.3 is 10.2 Å². The lowest BCUT2D eigenvalue weighted by atomic mass is 10.1. The van der Waals surface area contributed by atoms with Gasteiger partial charge in [-0.05, 0) is 24.5 Å². The van der Waals surface area contributed by atoms with E-state index in [0.717, 1.165) is 6.42 Å². The number of hydrogen-bond acceptors (Lipinski definition) is 6. The topological polar surface area (TPSA) is 109 Å². The third-order valence-electron chi connectivity index (χ3n) is 5.17. The van der Waals surface area contributed by atoms with Crippen LogP contribution in [0.15, 0.2) is 18.2 Å². The molecule has 1 amide bonds. The number of ether oxygens (including phenoxy) is 1. The third kappa shape index (κ3) is 3.44. The number of hydrogen-bond donors (Lipinski definition) is 2. The lowest BCUT2D eigenvalue weighted by Gasteiger charge is -2.18. The molecule has 2 aromatic rings. The molecule has 0 radical (unpaired) electrons. The maximum atomic E-state index is 15.1. The summed E-state index contributed by atoms with van der Waals surface area (Å²) in [6, 6.07) is 4.33. The lowest BCUT2D eigenvalue weighted by molar-refractivity contribution is -0.117. The molecule has 0 atom stereocenters. The number of aromatic nitrogens is 1. The van der Waals surface area contributed by atoms with Crippen LogP contribution in [0.2, 0.25) is 0 Å². The summed E-state index contributed by atoms with van der Waals surface area (Å²) in [7, 11) is -4.26. The summed E-state index contributed by atoms with van der Waals surface area (Å²) in [6.45, 7) is -0.148. The molecule has 1 saturated carbocycles. The van der Waals surface area contributed by atoms with Crippen molar-refractivity contribution in [1.82, 2.24) is 9.71 Å². The highest BCUT2D eigenvalue weighted by Crippen LogP contribution is 2.38. The molecular formula is C18H20FN3O5S. The number of amides is 1. The van der Waals surface area contributed by atoms with Gasteiger partial charge in [-0.15, -0.1) is 0 Å². The van der Waals surface area contributed by atoms with E-state index in [0.29, 0.717) is 16.8 Å². The van der Waals surface area contributed by atoms with Crippen molar-refractivity contribution in [3.8, 4) is 11.6 Å². The molecule has 8 nitrogen and oxygen atoms in total. The van der Waals surface area contributed by atoms with E-state index >= 15 is 4.39 Å². The van der Waals surface area contributed by atoms with Crippen molar-refractivity contribution in [3.63, 3.8) is 0 Å². The smallest absolute Gasteiger partial charge is 0.326 e. The van der Waals surface area contributed by atoms with Crippen LogP contribution in [0, 0.1) is 11.7 Å². The van der Waals surface area contributed by atoms with Crippen LogP contribution >= 0.6 is 0 Å². The summed E-state index contributed by atoms with van der Waals surface area (Å²) in [6.07, 6.45) is 5.79. The predicted molar refractivity (Wildman–Crippen MR) is 99.8 cm³/mol. The molecule has 1 aliphatic carbocycles. The van der Waals surface area contributed by atoms with Crippen LogP contribution in [-0.4, -0.2) is 37.6 Å². The monoisotopic (exact) mass is 409 g/mol. The Morgan fingerprint density at radius 1 is 1.32 bits per heavy atom. The Morgan fingerprint density at radius 3 is 2.75 bits per heavy atom. The van der Waals surface area contributed by atoms with Crippen molar-refractivity contribution in [2.75, 3.05) is 17.5 Å². The van der Waals surface area contributed by atoms with E-state index in [2.05, 4.69) is 4.98 Å². The van der Waals surface area contributed by atoms with Crippen molar-refractivity contribution in [3.05, 3.63) is 24.0 Å². The van der Waals surface area contributed by atoms with Gasteiger partial charge in [-0.25, -0.2) is 18.4 Å². The Kier molecular flexibility index (Phi) is 4.74. The molecule has 0 bridgehead atoms. The number of phenols is 1. The second-order valence-electron chi connectivity index (χ2n) is 7.10. The van der Waals surface area contributed by atoms with Gasteiger partial charge < -0.3 is 9.84 Å². The van der Waals surface area contributed by atoms with Crippen LogP contribution in [0.25, 0.3) is 10.9 Å². The number of nitrogens with zero attached hydrogens (tertiary/aromatic N) is 2. The normalized spacial score (nSPS) is 19.3. The van der Waals surface area contributed by atoms with Gasteiger partial charge in [0.05, 0.1) is 6.61 Å². The van der Waals surface area contributed by atoms with Gasteiger partial charge in [-0.1, -0.05) is 25.7 Å². The Labute approximate surface area is 161 Å². The number of aromatic hydroxyl groups is 1. The molecule has 28 heavy (non-hydrogen) atoms. The number of rotatable bonds is 5. The van der Waals surface area contributed by atoms with Crippen molar-refractivity contribution in [2.45, 2.75) is 32.1 Å². The average Bonchev–Trinajstić information content (AvgIpc) is 3.23. The van der Waals surface area contributed by atoms with E-state index in [4.69, 9.17) is 4.74 Å². The predicted octanol–water partition coefficient (Wildman–Crippen LogP) is 2.22. The van der Waals surface area contributed by atoms with Crippen LogP contribution in [0.1, 0.15) is 32.1 Å². The molecule has 2 fully saturated rings. The fraction of sp³-hybridized carbons (Fsp3) is 0.444. The first-order valence-corrected chi connectivity index (χ1v) is 10.6. The SMILES string of the molecule is O=C1CN(c2c(O)cc3ccc(OCCC4CCCC4)nc3c2F)S(=O)(=O)N1. The fourth-order valence-corrected chi connectivity index (χ4v) is 4.94. The van der Waals surface area contributed by atoms with Crippen molar-refractivity contribution < 1.29 is 27.4 Å². The quantitative estimate of drug-likeness (QED) is 0.784. The van der Waals surface area contributed by atoms with E-state index < -0.39 is 39.9 Å². The van der Waals surface area contributed by atoms with Crippen molar-refractivity contribution in [1.29, 1.82) is 0 Å². The highest BCUT2D eigenvalue weighted by molar-refractivity contribution is 7.92. The van der Waals surface area contributed by atoms with Crippen LogP contribution in [0.4, 0.5) is 10.1 Å². The number of nitrogens with one attached hydrogen (secondary N) is 1. The van der Waals surface area contributed by atoms with Crippen molar-refractivity contribution in [2.24, 2.45) is 5.92 Å². The first-order chi connectivity index (χ1) is 13.3.